The summed E-state index contributed by atoms with van der Waals surface area (Å²) in [5, 5.41) is 31.6. The molecule has 2 aliphatic rings. The molecule has 1 atom stereocenters. The number of anilines is 1. The highest BCUT2D eigenvalue weighted by atomic mass is 16.3. The summed E-state index contributed by atoms with van der Waals surface area (Å²) in [6, 6.07) is 12.3. The van der Waals surface area contributed by atoms with Crippen LogP contribution in [0.15, 0.2) is 48.9 Å². The van der Waals surface area contributed by atoms with Crippen LogP contribution in [0.4, 0.5) is 5.82 Å². The lowest BCUT2D eigenvalue weighted by Gasteiger charge is -2.40. The predicted octanol–water partition coefficient (Wildman–Crippen LogP) is 2.27. The first-order valence-electron chi connectivity index (χ1n) is 12.0. The Kier molecular flexibility index (Phi) is 6.38. The third-order valence-corrected chi connectivity index (χ3v) is 6.99. The second kappa shape index (κ2) is 9.62. The number of nitrogens with two attached hydrogens (primary N) is 1. The topological polar surface area (TPSA) is 138 Å². The third kappa shape index (κ3) is 4.98. The molecule has 2 aromatic heterocycles. The molecular formula is C25H30N8O2. The van der Waals surface area contributed by atoms with Crippen LogP contribution in [0.1, 0.15) is 49.5 Å². The summed E-state index contributed by atoms with van der Waals surface area (Å²) in [5.74, 6) is 0.188. The van der Waals surface area contributed by atoms with Crippen molar-refractivity contribution in [3.05, 3.63) is 60.0 Å². The number of hydrogen-bond acceptors (Lipinski definition) is 7. The van der Waals surface area contributed by atoms with E-state index in [-0.39, 0.29) is 24.1 Å². The van der Waals surface area contributed by atoms with E-state index >= 15 is 0 Å². The first-order valence-corrected chi connectivity index (χ1v) is 12.0. The largest absolute Gasteiger partial charge is 0.374 e. The van der Waals surface area contributed by atoms with Gasteiger partial charge in [0.2, 0.25) is 5.91 Å². The van der Waals surface area contributed by atoms with E-state index in [1.54, 1.807) is 10.9 Å². The van der Waals surface area contributed by atoms with Crippen molar-refractivity contribution in [3.63, 3.8) is 0 Å². The molecule has 1 aliphatic heterocycles. The van der Waals surface area contributed by atoms with E-state index in [0.29, 0.717) is 18.4 Å². The molecule has 5 rings (SSSR count). The van der Waals surface area contributed by atoms with Gasteiger partial charge in [-0.05, 0) is 37.8 Å². The Morgan fingerprint density at radius 3 is 2.66 bits per heavy atom. The van der Waals surface area contributed by atoms with Gasteiger partial charge in [-0.1, -0.05) is 18.2 Å². The number of amides is 1. The summed E-state index contributed by atoms with van der Waals surface area (Å²) in [6.07, 6.45) is 7.80. The Hall–Kier alpha value is -3.52. The van der Waals surface area contributed by atoms with Crippen molar-refractivity contribution in [3.8, 4) is 11.8 Å². The first-order chi connectivity index (χ1) is 17.0. The molecule has 0 radical (unpaired) electrons. The molecule has 10 nitrogen and oxygen atoms in total. The van der Waals surface area contributed by atoms with E-state index in [1.165, 1.54) is 0 Å². The quantitative estimate of drug-likeness (QED) is 0.426. The van der Waals surface area contributed by atoms with Gasteiger partial charge in [0.15, 0.2) is 5.82 Å². The predicted molar refractivity (Wildman–Crippen MR) is 129 cm³/mol. The number of para-hydroxylation sites is 1. The molecule has 1 aromatic carbocycles. The van der Waals surface area contributed by atoms with Gasteiger partial charge in [0, 0.05) is 43.5 Å². The maximum absolute atomic E-state index is 12.3. The van der Waals surface area contributed by atoms with Crippen LogP contribution in [-0.4, -0.2) is 48.6 Å². The number of nitrogens with one attached hydrogen (secondary N) is 1. The van der Waals surface area contributed by atoms with E-state index in [2.05, 4.69) is 26.5 Å². The van der Waals surface area contributed by atoms with Gasteiger partial charge in [-0.2, -0.15) is 15.5 Å². The summed E-state index contributed by atoms with van der Waals surface area (Å²) in [7, 11) is 0. The monoisotopic (exact) mass is 474 g/mol. The molecule has 4 N–H and O–H groups in total. The van der Waals surface area contributed by atoms with Gasteiger partial charge in [0.25, 0.3) is 0 Å². The number of nitriles is 1. The molecule has 3 heterocycles. The molecule has 1 saturated carbocycles. The fourth-order valence-electron chi connectivity index (χ4n) is 4.69. The van der Waals surface area contributed by atoms with E-state index in [1.807, 2.05) is 47.4 Å². The molecular weight excluding hydrogens is 444 g/mol. The molecule has 1 unspecified atom stereocenters. The average Bonchev–Trinajstić information content (AvgIpc) is 3.47. The van der Waals surface area contributed by atoms with Gasteiger partial charge in [0.1, 0.15) is 6.23 Å². The standard InChI is InChI=1S/C25H30N8O2/c26-11-8-25(33-17-21(22(27)34)23(30-33)29-24(35)19-6-7-19)9-12-31(13-10-25)15-18-14-28-32(16-18)20-4-2-1-3-5-20/h1-5,14,16-17,19,22,34H,6-10,12-13,15,27H2,(H,29,30,35). The highest BCUT2D eigenvalue weighted by Crippen LogP contribution is 2.36. The lowest BCUT2D eigenvalue weighted by molar-refractivity contribution is -0.117. The summed E-state index contributed by atoms with van der Waals surface area (Å²) in [4.78, 5) is 14.6. The highest BCUT2D eigenvalue weighted by Gasteiger charge is 2.39. The lowest BCUT2D eigenvalue weighted by atomic mass is 9.85. The van der Waals surface area contributed by atoms with E-state index < -0.39 is 11.8 Å². The fourth-order valence-corrected chi connectivity index (χ4v) is 4.69. The number of carbonyl (C=O) groups is 1. The van der Waals surface area contributed by atoms with E-state index in [4.69, 9.17) is 5.73 Å². The molecule has 35 heavy (non-hydrogen) atoms. The van der Waals surface area contributed by atoms with Gasteiger partial charge < -0.3 is 16.2 Å². The van der Waals surface area contributed by atoms with Crippen molar-refractivity contribution in [2.24, 2.45) is 11.7 Å². The van der Waals surface area contributed by atoms with Gasteiger partial charge in [-0.15, -0.1) is 0 Å². The Bertz CT molecular complexity index is 1210. The molecule has 182 valence electrons. The van der Waals surface area contributed by atoms with Gasteiger partial charge in [-0.25, -0.2) is 4.68 Å². The average molecular weight is 475 g/mol. The zero-order valence-electron chi connectivity index (χ0n) is 19.5. The lowest BCUT2D eigenvalue weighted by Crippen LogP contribution is -2.46. The third-order valence-electron chi connectivity index (χ3n) is 6.99. The van der Waals surface area contributed by atoms with Gasteiger partial charge >= 0.3 is 0 Å². The van der Waals surface area contributed by atoms with Crippen molar-refractivity contribution in [1.29, 1.82) is 5.26 Å². The molecule has 1 amide bonds. The number of piperidine rings is 1. The SMILES string of the molecule is N#CCC1(n2cc(C(N)O)c(NC(=O)C3CC3)n2)CCN(Cc2cnn(-c3ccccc3)c2)CC1. The highest BCUT2D eigenvalue weighted by molar-refractivity contribution is 5.93. The number of hydrogen-bond donors (Lipinski definition) is 3. The first kappa shape index (κ1) is 23.2. The number of benzene rings is 1. The van der Waals surface area contributed by atoms with Crippen molar-refractivity contribution < 1.29 is 9.90 Å². The van der Waals surface area contributed by atoms with Crippen molar-refractivity contribution >= 4 is 11.7 Å². The molecule has 2 fully saturated rings. The normalized spacial score (nSPS) is 18.7. The second-order valence-electron chi connectivity index (χ2n) is 9.55. The van der Waals surface area contributed by atoms with Crippen molar-refractivity contribution in [2.75, 3.05) is 18.4 Å². The number of likely N-dealkylation sites (tertiary alicyclic amines) is 1. The second-order valence-corrected chi connectivity index (χ2v) is 9.55. The Morgan fingerprint density at radius 1 is 1.26 bits per heavy atom. The van der Waals surface area contributed by atoms with Crippen LogP contribution in [0.3, 0.4) is 0 Å². The van der Waals surface area contributed by atoms with Gasteiger partial charge in [-0.3, -0.25) is 14.4 Å². The van der Waals surface area contributed by atoms with Crippen LogP contribution in [0, 0.1) is 17.2 Å². The van der Waals surface area contributed by atoms with Crippen LogP contribution in [0.5, 0.6) is 0 Å². The molecule has 1 aliphatic carbocycles. The molecule has 10 heteroatoms. The minimum absolute atomic E-state index is 0.00507. The number of aromatic nitrogens is 4. The van der Waals surface area contributed by atoms with Crippen LogP contribution in [0.25, 0.3) is 5.69 Å². The smallest absolute Gasteiger partial charge is 0.228 e. The molecule has 0 spiro atoms. The fraction of sp³-hybridized carbons (Fsp3) is 0.440. The molecule has 3 aromatic rings. The maximum Gasteiger partial charge on any atom is 0.228 e. The summed E-state index contributed by atoms with van der Waals surface area (Å²) < 4.78 is 3.62. The zero-order valence-corrected chi connectivity index (χ0v) is 19.5. The van der Waals surface area contributed by atoms with Crippen LogP contribution < -0.4 is 11.1 Å². The summed E-state index contributed by atoms with van der Waals surface area (Å²) in [5.41, 5.74) is 7.75. The number of rotatable bonds is 8. The molecule has 0 bridgehead atoms. The zero-order chi connectivity index (χ0) is 24.4. The minimum atomic E-state index is -1.27. The van der Waals surface area contributed by atoms with Crippen LogP contribution >= 0.6 is 0 Å². The Balaban J connectivity index is 1.29. The number of aliphatic hydroxyl groups is 1. The molecule has 1 saturated heterocycles. The summed E-state index contributed by atoms with van der Waals surface area (Å²) >= 11 is 0. The van der Waals surface area contributed by atoms with Gasteiger partial charge in [0.05, 0.1) is 35.5 Å². The number of nitrogens with zero attached hydrogens (tertiary/aromatic N) is 6. The van der Waals surface area contributed by atoms with Crippen molar-refractivity contribution in [2.45, 2.75) is 50.4 Å². The number of aliphatic hydroxyl groups excluding tert-OH is 1. The van der Waals surface area contributed by atoms with E-state index in [9.17, 15) is 15.2 Å². The Morgan fingerprint density at radius 2 is 2.00 bits per heavy atom. The van der Waals surface area contributed by atoms with Crippen LogP contribution in [-0.2, 0) is 16.9 Å². The minimum Gasteiger partial charge on any atom is -0.374 e. The maximum atomic E-state index is 12.3. The van der Waals surface area contributed by atoms with Crippen molar-refractivity contribution in [1.82, 2.24) is 24.5 Å². The number of carbonyl (C=O) groups excluding carboxylic acids is 1. The Labute approximate surface area is 203 Å². The van der Waals surface area contributed by atoms with Crippen LogP contribution in [0.2, 0.25) is 0 Å². The summed E-state index contributed by atoms with van der Waals surface area (Å²) in [6.45, 7) is 2.33. The van der Waals surface area contributed by atoms with E-state index in [0.717, 1.165) is 43.7 Å².